The van der Waals surface area contributed by atoms with Crippen LogP contribution in [0.4, 0.5) is 11.4 Å². The zero-order chi connectivity index (χ0) is 20.6. The molecule has 1 aromatic carbocycles. The van der Waals surface area contributed by atoms with Crippen LogP contribution in [0.3, 0.4) is 0 Å². The Morgan fingerprint density at radius 1 is 1.33 bits per heavy atom. The van der Waals surface area contributed by atoms with Crippen molar-refractivity contribution in [2.45, 2.75) is 6.54 Å². The molecule has 0 atom stereocenters. The zero-order valence-electron chi connectivity index (χ0n) is 13.7. The fourth-order valence-electron chi connectivity index (χ4n) is 1.67. The van der Waals surface area contributed by atoms with Gasteiger partial charge in [-0.15, -0.1) is 11.3 Å². The molecule has 0 bridgehead atoms. The van der Waals surface area contributed by atoms with Crippen LogP contribution in [0.25, 0.3) is 0 Å². The van der Waals surface area contributed by atoms with Crippen molar-refractivity contribution in [3.63, 3.8) is 0 Å². The van der Waals surface area contributed by atoms with Crippen molar-refractivity contribution in [3.05, 3.63) is 44.7 Å². The van der Waals surface area contributed by atoms with Gasteiger partial charge >= 0.3 is 11.9 Å². The number of nitro groups is 1. The summed E-state index contributed by atoms with van der Waals surface area (Å²) in [5.74, 6) is -3.79. The van der Waals surface area contributed by atoms with E-state index in [1.807, 2.05) is 0 Å². The van der Waals surface area contributed by atoms with Crippen molar-refractivity contribution >= 4 is 40.6 Å². The van der Waals surface area contributed by atoms with Gasteiger partial charge in [0, 0.05) is 17.6 Å². The van der Waals surface area contributed by atoms with Crippen LogP contribution in [0.5, 0.6) is 5.75 Å². The number of methoxy groups -OCH3 is 1. The highest BCUT2D eigenvalue weighted by Crippen LogP contribution is 2.28. The van der Waals surface area contributed by atoms with Crippen LogP contribution in [-0.2, 0) is 20.9 Å². The first-order valence-corrected chi connectivity index (χ1v) is 7.80. The van der Waals surface area contributed by atoms with Crippen LogP contribution >= 0.6 is 11.3 Å². The lowest BCUT2D eigenvalue weighted by atomic mass is 10.2. The van der Waals surface area contributed by atoms with E-state index < -0.39 is 16.9 Å². The van der Waals surface area contributed by atoms with Gasteiger partial charge in [0.15, 0.2) is 4.80 Å². The number of carbonyl (C=O) groups excluding carboxylic acids is 1. The number of amides is 1. The van der Waals surface area contributed by atoms with Crippen LogP contribution < -0.4 is 14.9 Å². The van der Waals surface area contributed by atoms with Gasteiger partial charge in [-0.05, 0) is 6.07 Å². The summed E-state index contributed by atoms with van der Waals surface area (Å²) in [7, 11) is 1.37. The fourth-order valence-corrected chi connectivity index (χ4v) is 2.27. The number of carboxylic acid groups (broad SMARTS) is 2. The van der Waals surface area contributed by atoms with Crippen molar-refractivity contribution < 1.29 is 34.3 Å². The van der Waals surface area contributed by atoms with E-state index in [9.17, 15) is 14.9 Å². The summed E-state index contributed by atoms with van der Waals surface area (Å²) < 4.78 is 6.52. The number of nitrogens with zero attached hydrogens (tertiary/aromatic N) is 2. The number of anilines is 1. The number of carboxylic acids is 2. The first-order valence-electron chi connectivity index (χ1n) is 6.92. The Kier molecular flexibility index (Phi) is 7.63. The van der Waals surface area contributed by atoms with Gasteiger partial charge in [-0.25, -0.2) is 9.59 Å². The lowest BCUT2D eigenvalue weighted by Crippen LogP contribution is -2.24. The highest BCUT2D eigenvalue weighted by atomic mass is 32.1. The molecular weight excluding hydrogens is 384 g/mol. The summed E-state index contributed by atoms with van der Waals surface area (Å²) in [6, 6.07) is 3.93. The number of hydrogen-bond donors (Lipinski definition) is 4. The number of carbonyl (C=O) groups is 3. The van der Waals surface area contributed by atoms with Crippen LogP contribution in [0.15, 0.2) is 29.8 Å². The average Bonchev–Trinajstić information content (AvgIpc) is 3.00. The van der Waals surface area contributed by atoms with Gasteiger partial charge < -0.3 is 24.8 Å². The summed E-state index contributed by atoms with van der Waals surface area (Å²) in [5.41, 5.74) is 0.223. The number of aliphatic carboxylic acids is 2. The number of aromatic nitrogens is 1. The van der Waals surface area contributed by atoms with Crippen molar-refractivity contribution in [1.82, 2.24) is 4.57 Å². The summed E-state index contributed by atoms with van der Waals surface area (Å²) in [6.07, 6.45) is 1.64. The third kappa shape index (κ3) is 6.58. The third-order valence-electron chi connectivity index (χ3n) is 2.85. The molecule has 27 heavy (non-hydrogen) atoms. The number of nitrogens with one attached hydrogen (secondary N) is 2. The summed E-state index contributed by atoms with van der Waals surface area (Å²) in [4.78, 5) is 40.5. The van der Waals surface area contributed by atoms with Gasteiger partial charge in [-0.3, -0.25) is 20.3 Å². The third-order valence-corrected chi connectivity index (χ3v) is 3.56. The molecular formula is C14H14N4O8S. The van der Waals surface area contributed by atoms with E-state index in [2.05, 4.69) is 5.32 Å². The number of rotatable bonds is 5. The second kappa shape index (κ2) is 9.67. The minimum absolute atomic E-state index is 0.0114. The van der Waals surface area contributed by atoms with E-state index >= 15 is 0 Å². The average molecular weight is 398 g/mol. The second-order valence-corrected chi connectivity index (χ2v) is 5.53. The molecule has 2 aromatic rings. The molecule has 0 aliphatic heterocycles. The topological polar surface area (TPSA) is 185 Å². The summed E-state index contributed by atoms with van der Waals surface area (Å²) >= 11 is 1.22. The summed E-state index contributed by atoms with van der Waals surface area (Å²) in [6.45, 7) is -0.0114. The van der Waals surface area contributed by atoms with Crippen molar-refractivity contribution in [2.24, 2.45) is 0 Å². The Labute approximate surface area is 154 Å². The maximum absolute atomic E-state index is 11.9. The van der Waals surface area contributed by atoms with E-state index in [-0.39, 0.29) is 28.7 Å². The van der Waals surface area contributed by atoms with Gasteiger partial charge in [-0.1, -0.05) is 0 Å². The molecule has 0 fully saturated rings. The number of hydrogen-bond acceptors (Lipinski definition) is 8. The highest BCUT2D eigenvalue weighted by molar-refractivity contribution is 7.06. The molecule has 1 amide bonds. The molecule has 0 aliphatic rings. The maximum atomic E-state index is 11.9. The maximum Gasteiger partial charge on any atom is 0.414 e. The Balaban J connectivity index is 0.000000527. The van der Waals surface area contributed by atoms with Gasteiger partial charge in [0.2, 0.25) is 5.91 Å². The SMILES string of the molecule is COc1cc([N+](=O)[O-])ccc1NC(=O)Cn1ccsc1=N.O=C(O)C(=O)O. The lowest BCUT2D eigenvalue weighted by molar-refractivity contribution is -0.384. The molecule has 13 heteroatoms. The normalized spacial score (nSPS) is 9.52. The lowest BCUT2D eigenvalue weighted by Gasteiger charge is -2.10. The molecule has 2 rings (SSSR count). The minimum Gasteiger partial charge on any atom is -0.494 e. The van der Waals surface area contributed by atoms with E-state index in [0.29, 0.717) is 5.69 Å². The number of non-ortho nitro benzene ring substituents is 1. The van der Waals surface area contributed by atoms with Gasteiger partial charge in [0.05, 0.1) is 23.8 Å². The first kappa shape index (κ1) is 21.3. The second-order valence-electron chi connectivity index (χ2n) is 4.64. The molecule has 0 radical (unpaired) electrons. The molecule has 12 nitrogen and oxygen atoms in total. The fraction of sp³-hybridized carbons (Fsp3) is 0.143. The van der Waals surface area contributed by atoms with Crippen LogP contribution in [0.2, 0.25) is 0 Å². The van der Waals surface area contributed by atoms with E-state index in [1.54, 1.807) is 11.6 Å². The van der Waals surface area contributed by atoms with Crippen molar-refractivity contribution in [3.8, 4) is 5.75 Å². The number of nitro benzene ring substituents is 1. The summed E-state index contributed by atoms with van der Waals surface area (Å²) in [5, 5.41) is 37.4. The Bertz CT molecular complexity index is 908. The Hall–Kier alpha value is -3.74. The predicted molar refractivity (Wildman–Crippen MR) is 91.7 cm³/mol. The molecule has 4 N–H and O–H groups in total. The predicted octanol–water partition coefficient (Wildman–Crippen LogP) is 0.740. The Morgan fingerprint density at radius 3 is 2.41 bits per heavy atom. The molecule has 0 spiro atoms. The van der Waals surface area contributed by atoms with E-state index in [1.165, 1.54) is 41.2 Å². The first-order chi connectivity index (χ1) is 12.6. The molecule has 0 unspecified atom stereocenters. The quantitative estimate of drug-likeness (QED) is 0.322. The Morgan fingerprint density at radius 2 is 1.96 bits per heavy atom. The molecule has 0 saturated carbocycles. The zero-order valence-corrected chi connectivity index (χ0v) is 14.6. The molecule has 1 aromatic heterocycles. The van der Waals surface area contributed by atoms with Gasteiger partial charge in [0.1, 0.15) is 12.3 Å². The minimum atomic E-state index is -1.82. The number of ether oxygens (including phenoxy) is 1. The monoisotopic (exact) mass is 398 g/mol. The highest BCUT2D eigenvalue weighted by Gasteiger charge is 2.13. The van der Waals surface area contributed by atoms with Gasteiger partial charge in [-0.2, -0.15) is 0 Å². The molecule has 144 valence electrons. The largest absolute Gasteiger partial charge is 0.494 e. The molecule has 1 heterocycles. The van der Waals surface area contributed by atoms with Crippen molar-refractivity contribution in [2.75, 3.05) is 12.4 Å². The number of thiazole rings is 1. The van der Waals surface area contributed by atoms with Crippen LogP contribution in [0, 0.1) is 15.5 Å². The van der Waals surface area contributed by atoms with E-state index in [0.717, 1.165) is 0 Å². The number of benzene rings is 1. The van der Waals surface area contributed by atoms with E-state index in [4.69, 9.17) is 29.9 Å². The standard InChI is InChI=1S/C12H12N4O4S.C2H2O4/c1-20-10-6-8(16(18)19)2-3-9(10)14-11(17)7-15-4-5-21-12(15)13;3-1(4)2(5)6/h2-6,13H,7H2,1H3,(H,14,17);(H,3,4)(H,5,6). The molecule has 0 aliphatic carbocycles. The van der Waals surface area contributed by atoms with Crippen LogP contribution in [-0.4, -0.2) is 44.7 Å². The molecule has 0 saturated heterocycles. The van der Waals surface area contributed by atoms with Crippen molar-refractivity contribution in [1.29, 1.82) is 5.41 Å². The van der Waals surface area contributed by atoms with Crippen LogP contribution in [0.1, 0.15) is 0 Å². The smallest absolute Gasteiger partial charge is 0.414 e. The van der Waals surface area contributed by atoms with Gasteiger partial charge in [0.25, 0.3) is 5.69 Å².